The summed E-state index contributed by atoms with van der Waals surface area (Å²) in [5, 5.41) is 3.36. The Bertz CT molecular complexity index is 944. The molecule has 5 nitrogen and oxygen atoms in total. The molecule has 29 heavy (non-hydrogen) atoms. The molecule has 3 rings (SSSR count). The van der Waals surface area contributed by atoms with E-state index in [-0.39, 0.29) is 36.4 Å². The van der Waals surface area contributed by atoms with Crippen LogP contribution in [0, 0.1) is 19.8 Å². The quantitative estimate of drug-likeness (QED) is 0.747. The number of hydrogen-bond donors (Lipinski definition) is 1. The number of halogens is 1. The Morgan fingerprint density at radius 1 is 1.21 bits per heavy atom. The summed E-state index contributed by atoms with van der Waals surface area (Å²) in [6.45, 7) is 7.54. The molecule has 1 heterocycles. The van der Waals surface area contributed by atoms with Crippen molar-refractivity contribution in [3.63, 3.8) is 0 Å². The Labute approximate surface area is 175 Å². The van der Waals surface area contributed by atoms with Crippen LogP contribution in [0.3, 0.4) is 0 Å². The highest BCUT2D eigenvalue weighted by Gasteiger charge is 2.43. The number of nitrogens with one attached hydrogen (secondary N) is 1. The molecule has 1 aliphatic rings. The largest absolute Gasteiger partial charge is 0.354 e. The number of amides is 1. The first-order valence-corrected chi connectivity index (χ1v) is 10.1. The molecule has 1 saturated carbocycles. The van der Waals surface area contributed by atoms with Crippen molar-refractivity contribution < 1.29 is 14.4 Å². The first-order chi connectivity index (χ1) is 13.7. The number of carbonyl (C=O) groups is 3. The Kier molecular flexibility index (Phi) is 6.18. The highest BCUT2D eigenvalue weighted by Crippen LogP contribution is 2.38. The number of benzene rings is 1. The van der Waals surface area contributed by atoms with E-state index in [4.69, 9.17) is 11.6 Å². The topological polar surface area (TPSA) is 76.1 Å². The van der Waals surface area contributed by atoms with E-state index < -0.39 is 11.8 Å². The van der Waals surface area contributed by atoms with Gasteiger partial charge in [-0.05, 0) is 68.7 Å². The molecule has 2 unspecified atom stereocenters. The van der Waals surface area contributed by atoms with Gasteiger partial charge in [0.1, 0.15) is 11.7 Å². The Morgan fingerprint density at radius 3 is 2.41 bits per heavy atom. The van der Waals surface area contributed by atoms with E-state index in [1.54, 1.807) is 12.3 Å². The number of carbonyl (C=O) groups excluding carboxylic acids is 3. The zero-order valence-corrected chi connectivity index (χ0v) is 17.8. The summed E-state index contributed by atoms with van der Waals surface area (Å²) in [4.78, 5) is 42.1. The van der Waals surface area contributed by atoms with E-state index in [1.807, 2.05) is 45.9 Å². The molecular formula is C23H25ClN2O3. The minimum absolute atomic E-state index is 0.00372. The lowest BCUT2D eigenvalue weighted by atomic mass is 9.85. The molecule has 152 valence electrons. The average Bonchev–Trinajstić information content (AvgIpc) is 2.88. The predicted octanol–water partition coefficient (Wildman–Crippen LogP) is 4.18. The van der Waals surface area contributed by atoms with Crippen molar-refractivity contribution in [2.75, 3.05) is 0 Å². The van der Waals surface area contributed by atoms with Crippen LogP contribution in [0.15, 0.2) is 30.5 Å². The number of ketones is 2. The molecule has 1 aliphatic carbocycles. The number of hydrogen-bond acceptors (Lipinski definition) is 4. The molecule has 0 spiro atoms. The van der Waals surface area contributed by atoms with Gasteiger partial charge in [-0.2, -0.15) is 0 Å². The second kappa shape index (κ2) is 8.46. The van der Waals surface area contributed by atoms with E-state index in [9.17, 15) is 14.4 Å². The molecule has 1 aromatic heterocycles. The van der Waals surface area contributed by atoms with Gasteiger partial charge >= 0.3 is 0 Å². The van der Waals surface area contributed by atoms with Gasteiger partial charge in [-0.25, -0.2) is 0 Å². The fourth-order valence-electron chi connectivity index (χ4n) is 4.06. The second-order valence-electron chi connectivity index (χ2n) is 8.01. The number of aromatic nitrogens is 1. The molecule has 0 bridgehead atoms. The number of rotatable bonds is 5. The van der Waals surface area contributed by atoms with Crippen molar-refractivity contribution in [1.82, 2.24) is 10.3 Å². The van der Waals surface area contributed by atoms with Crippen LogP contribution in [0.1, 0.15) is 49.3 Å². The first-order valence-electron chi connectivity index (χ1n) is 9.76. The highest BCUT2D eigenvalue weighted by atomic mass is 35.5. The molecule has 2 atom stereocenters. The molecule has 1 aromatic carbocycles. The maximum atomic E-state index is 13.0. The van der Waals surface area contributed by atoms with E-state index in [2.05, 4.69) is 10.3 Å². The van der Waals surface area contributed by atoms with Gasteiger partial charge in [-0.1, -0.05) is 11.6 Å². The Morgan fingerprint density at radius 2 is 1.86 bits per heavy atom. The van der Waals surface area contributed by atoms with E-state index in [1.165, 1.54) is 0 Å². The van der Waals surface area contributed by atoms with Gasteiger partial charge in [0.25, 0.3) is 0 Å². The van der Waals surface area contributed by atoms with Crippen molar-refractivity contribution in [2.24, 2.45) is 5.92 Å². The lowest BCUT2D eigenvalue weighted by Gasteiger charge is -2.17. The number of pyridine rings is 1. The summed E-state index contributed by atoms with van der Waals surface area (Å²) in [5.74, 6) is -1.80. The SMILES string of the molecule is Cc1cc(-c2ccc(Cl)cn2)cc(C)c1C1C(=O)CC(CC(=O)NC(C)C)C1=O. The standard InChI is InChI=1S/C23H25ClN2O3/c1-12(2)26-20(28)10-16-9-19(27)22(23(16)29)21-13(3)7-15(8-14(21)4)18-6-5-17(24)11-25-18/h5-8,11-12,16,22H,9-10H2,1-4H3,(H,26,28). The Hall–Kier alpha value is -2.53. The molecule has 0 saturated heterocycles. The van der Waals surface area contributed by atoms with Crippen LogP contribution < -0.4 is 5.32 Å². The molecule has 1 amide bonds. The fourth-order valence-corrected chi connectivity index (χ4v) is 4.17. The zero-order chi connectivity index (χ0) is 21.3. The third-order valence-electron chi connectivity index (χ3n) is 5.24. The minimum atomic E-state index is -0.793. The van der Waals surface area contributed by atoms with Gasteiger partial charge in [0.05, 0.1) is 10.7 Å². The number of aryl methyl sites for hydroxylation is 2. The summed E-state index contributed by atoms with van der Waals surface area (Å²) in [6, 6.07) is 7.50. The van der Waals surface area contributed by atoms with Crippen LogP contribution in [0.2, 0.25) is 5.02 Å². The molecule has 1 N–H and O–H groups in total. The molecule has 0 aliphatic heterocycles. The normalized spacial score (nSPS) is 19.1. The van der Waals surface area contributed by atoms with Crippen molar-refractivity contribution in [2.45, 2.75) is 52.5 Å². The zero-order valence-electron chi connectivity index (χ0n) is 17.1. The van der Waals surface area contributed by atoms with Crippen LogP contribution in [0.25, 0.3) is 11.3 Å². The van der Waals surface area contributed by atoms with Crippen LogP contribution >= 0.6 is 11.6 Å². The highest BCUT2D eigenvalue weighted by molar-refractivity contribution is 6.30. The summed E-state index contributed by atoms with van der Waals surface area (Å²) < 4.78 is 0. The number of Topliss-reactive ketones (excluding diaryl/α,β-unsaturated/α-hetero) is 2. The van der Waals surface area contributed by atoms with Gasteiger partial charge in [0.15, 0.2) is 5.78 Å². The maximum Gasteiger partial charge on any atom is 0.220 e. The molecule has 0 radical (unpaired) electrons. The summed E-state index contributed by atoms with van der Waals surface area (Å²) >= 11 is 5.92. The van der Waals surface area contributed by atoms with Crippen molar-refractivity contribution >= 4 is 29.1 Å². The van der Waals surface area contributed by atoms with E-state index in [0.717, 1.165) is 27.9 Å². The molecule has 1 fully saturated rings. The van der Waals surface area contributed by atoms with E-state index >= 15 is 0 Å². The van der Waals surface area contributed by atoms with Gasteiger partial charge in [0.2, 0.25) is 5.91 Å². The van der Waals surface area contributed by atoms with Crippen molar-refractivity contribution in [3.8, 4) is 11.3 Å². The Balaban J connectivity index is 1.88. The smallest absolute Gasteiger partial charge is 0.220 e. The van der Waals surface area contributed by atoms with Gasteiger partial charge < -0.3 is 5.32 Å². The van der Waals surface area contributed by atoms with Gasteiger partial charge in [0, 0.05) is 36.6 Å². The maximum absolute atomic E-state index is 13.0. The van der Waals surface area contributed by atoms with Gasteiger partial charge in [-0.15, -0.1) is 0 Å². The average molecular weight is 413 g/mol. The van der Waals surface area contributed by atoms with Crippen LogP contribution in [0.5, 0.6) is 0 Å². The molecule has 2 aromatic rings. The third kappa shape index (κ3) is 4.56. The van der Waals surface area contributed by atoms with E-state index in [0.29, 0.717) is 5.02 Å². The van der Waals surface area contributed by atoms with Crippen LogP contribution in [-0.2, 0) is 14.4 Å². The minimum Gasteiger partial charge on any atom is -0.354 e. The predicted molar refractivity (Wildman–Crippen MR) is 113 cm³/mol. The summed E-state index contributed by atoms with van der Waals surface area (Å²) in [5.41, 5.74) is 4.18. The molecular weight excluding hydrogens is 388 g/mol. The lowest BCUT2D eigenvalue weighted by molar-refractivity contribution is -0.128. The first kappa shape index (κ1) is 21.2. The second-order valence-corrected chi connectivity index (χ2v) is 8.45. The van der Waals surface area contributed by atoms with Crippen molar-refractivity contribution in [1.29, 1.82) is 0 Å². The van der Waals surface area contributed by atoms with Gasteiger partial charge in [-0.3, -0.25) is 19.4 Å². The molecule has 6 heteroatoms. The fraction of sp³-hybridized carbons (Fsp3) is 0.391. The lowest BCUT2D eigenvalue weighted by Crippen LogP contribution is -2.32. The monoisotopic (exact) mass is 412 g/mol. The summed E-state index contributed by atoms with van der Waals surface area (Å²) in [6.07, 6.45) is 1.77. The number of nitrogens with zero attached hydrogens (tertiary/aromatic N) is 1. The summed E-state index contributed by atoms with van der Waals surface area (Å²) in [7, 11) is 0. The van der Waals surface area contributed by atoms with Crippen molar-refractivity contribution in [3.05, 3.63) is 52.2 Å². The van der Waals surface area contributed by atoms with Crippen LogP contribution in [0.4, 0.5) is 0 Å². The third-order valence-corrected chi connectivity index (χ3v) is 5.47. The van der Waals surface area contributed by atoms with Crippen LogP contribution in [-0.4, -0.2) is 28.5 Å².